The smallest absolute Gasteiger partial charge is 0.205 e. The monoisotopic (exact) mass is 320 g/mol. The first kappa shape index (κ1) is 14.3. The molecule has 6 heteroatoms. The zero-order valence-corrected chi connectivity index (χ0v) is 13.5. The van der Waals surface area contributed by atoms with E-state index in [1.165, 1.54) is 10.7 Å². The van der Waals surface area contributed by atoms with Gasteiger partial charge in [-0.05, 0) is 23.9 Å². The number of hydrogen-bond acceptors (Lipinski definition) is 4. The minimum Gasteiger partial charge on any atom is -0.205 e. The molecule has 0 N–H and O–H groups in total. The molecule has 1 aromatic heterocycles. The Morgan fingerprint density at radius 3 is 2.71 bits per heavy atom. The number of nitrogens with zero attached hydrogens (tertiary/aromatic N) is 2. The zero-order valence-electron chi connectivity index (χ0n) is 11.9. The molecule has 0 saturated carbocycles. The Bertz CT molecular complexity index is 780. The van der Waals surface area contributed by atoms with Crippen molar-refractivity contribution in [1.29, 1.82) is 0 Å². The van der Waals surface area contributed by atoms with Gasteiger partial charge in [0.05, 0.1) is 12.0 Å². The first-order chi connectivity index (χ1) is 9.95. The molecule has 0 aliphatic carbocycles. The molecule has 0 spiro atoms. The van der Waals surface area contributed by atoms with Crippen molar-refractivity contribution in [3.8, 4) is 0 Å². The van der Waals surface area contributed by atoms with Crippen molar-refractivity contribution < 1.29 is 8.42 Å². The summed E-state index contributed by atoms with van der Waals surface area (Å²) >= 11 is 1.56. The van der Waals surface area contributed by atoms with Gasteiger partial charge < -0.3 is 0 Å². The Balaban J connectivity index is 2.01. The van der Waals surface area contributed by atoms with Crippen molar-refractivity contribution in [3.63, 3.8) is 0 Å². The molecule has 0 fully saturated rings. The third-order valence-corrected chi connectivity index (χ3v) is 5.42. The van der Waals surface area contributed by atoms with Gasteiger partial charge in [-0.3, -0.25) is 0 Å². The Hall–Kier alpha value is -1.66. The van der Waals surface area contributed by atoms with Crippen LogP contribution in [-0.4, -0.2) is 24.8 Å². The molecule has 0 unspecified atom stereocenters. The van der Waals surface area contributed by atoms with Crippen LogP contribution in [-0.2, 0) is 10.0 Å². The molecule has 0 bridgehead atoms. The minimum atomic E-state index is -3.38. The number of benzene rings is 1. The SMILES string of the molecule is Cc1cccc(C2=NN(S(C)(=O)=O)[C@H](c3cccs3)C2)c1. The lowest BCUT2D eigenvalue weighted by Crippen LogP contribution is -2.25. The molecule has 0 saturated heterocycles. The van der Waals surface area contributed by atoms with E-state index in [1.807, 2.05) is 48.7 Å². The highest BCUT2D eigenvalue weighted by Gasteiger charge is 2.34. The van der Waals surface area contributed by atoms with E-state index in [-0.39, 0.29) is 6.04 Å². The predicted octanol–water partition coefficient (Wildman–Crippen LogP) is 3.17. The summed E-state index contributed by atoms with van der Waals surface area (Å²) in [6.07, 6.45) is 1.81. The lowest BCUT2D eigenvalue weighted by molar-refractivity contribution is 0.379. The van der Waals surface area contributed by atoms with E-state index in [2.05, 4.69) is 5.10 Å². The second-order valence-corrected chi connectivity index (χ2v) is 8.01. The van der Waals surface area contributed by atoms with Crippen LogP contribution in [0.4, 0.5) is 0 Å². The van der Waals surface area contributed by atoms with Crippen LogP contribution in [0.5, 0.6) is 0 Å². The molecule has 1 aromatic carbocycles. The first-order valence-corrected chi connectivity index (χ1v) is 9.35. The first-order valence-electron chi connectivity index (χ1n) is 6.62. The number of rotatable bonds is 3. The standard InChI is InChI=1S/C15H16N2O2S2/c1-11-5-3-6-12(9-11)13-10-14(15-7-4-8-20-15)17(16-13)21(2,18)19/h3-9,14H,10H2,1-2H3/t14-/m0/s1. The van der Waals surface area contributed by atoms with Crippen LogP contribution < -0.4 is 0 Å². The number of sulfonamides is 1. The molecule has 1 aliphatic rings. The number of hydrogen-bond donors (Lipinski definition) is 0. The molecule has 0 radical (unpaired) electrons. The highest BCUT2D eigenvalue weighted by molar-refractivity contribution is 7.88. The normalized spacial score (nSPS) is 18.9. The zero-order chi connectivity index (χ0) is 15.0. The van der Waals surface area contributed by atoms with Gasteiger partial charge in [0.15, 0.2) is 0 Å². The fraction of sp³-hybridized carbons (Fsp3) is 0.267. The maximum absolute atomic E-state index is 12.0. The van der Waals surface area contributed by atoms with Crippen molar-refractivity contribution >= 4 is 27.1 Å². The van der Waals surface area contributed by atoms with Gasteiger partial charge in [-0.2, -0.15) is 9.52 Å². The van der Waals surface area contributed by atoms with Gasteiger partial charge in [0.1, 0.15) is 6.04 Å². The summed E-state index contributed by atoms with van der Waals surface area (Å²) in [5.74, 6) is 0. The van der Waals surface area contributed by atoms with Crippen molar-refractivity contribution in [3.05, 3.63) is 57.8 Å². The molecular formula is C15H16N2O2S2. The van der Waals surface area contributed by atoms with Crippen LogP contribution in [0.1, 0.15) is 28.5 Å². The highest BCUT2D eigenvalue weighted by Crippen LogP contribution is 2.36. The fourth-order valence-corrected chi connectivity index (χ4v) is 4.26. The summed E-state index contributed by atoms with van der Waals surface area (Å²) < 4.78 is 25.3. The van der Waals surface area contributed by atoms with Gasteiger partial charge in [0, 0.05) is 11.3 Å². The number of aryl methyl sites for hydroxylation is 1. The van der Waals surface area contributed by atoms with Crippen molar-refractivity contribution in [2.75, 3.05) is 6.26 Å². The van der Waals surface area contributed by atoms with Gasteiger partial charge in [0.25, 0.3) is 0 Å². The van der Waals surface area contributed by atoms with E-state index < -0.39 is 10.0 Å². The van der Waals surface area contributed by atoms with Crippen LogP contribution in [0.2, 0.25) is 0 Å². The van der Waals surface area contributed by atoms with Crippen molar-refractivity contribution in [2.24, 2.45) is 5.10 Å². The molecule has 2 aromatic rings. The van der Waals surface area contributed by atoms with E-state index in [0.717, 1.165) is 21.7 Å². The van der Waals surface area contributed by atoms with Gasteiger partial charge in [-0.15, -0.1) is 11.3 Å². The summed E-state index contributed by atoms with van der Waals surface area (Å²) in [6.45, 7) is 2.02. The molecule has 110 valence electrons. The van der Waals surface area contributed by atoms with Crippen LogP contribution in [0.3, 0.4) is 0 Å². The van der Waals surface area contributed by atoms with Crippen LogP contribution >= 0.6 is 11.3 Å². The molecule has 3 rings (SSSR count). The van der Waals surface area contributed by atoms with E-state index in [4.69, 9.17) is 0 Å². The molecule has 2 heterocycles. The van der Waals surface area contributed by atoms with E-state index in [1.54, 1.807) is 11.3 Å². The van der Waals surface area contributed by atoms with Gasteiger partial charge >= 0.3 is 0 Å². The minimum absolute atomic E-state index is 0.226. The lowest BCUT2D eigenvalue weighted by Gasteiger charge is -2.19. The van der Waals surface area contributed by atoms with Crippen molar-refractivity contribution in [1.82, 2.24) is 4.41 Å². The molecule has 4 nitrogen and oxygen atoms in total. The second kappa shape index (κ2) is 5.27. The number of hydrazone groups is 1. The largest absolute Gasteiger partial charge is 0.247 e. The van der Waals surface area contributed by atoms with Gasteiger partial charge in [-0.1, -0.05) is 35.9 Å². The molecular weight excluding hydrogens is 304 g/mol. The van der Waals surface area contributed by atoms with E-state index in [0.29, 0.717) is 6.42 Å². The third-order valence-electron chi connectivity index (χ3n) is 3.44. The average molecular weight is 320 g/mol. The predicted molar refractivity (Wildman–Crippen MR) is 86.1 cm³/mol. The topological polar surface area (TPSA) is 49.7 Å². The Labute approximate surface area is 128 Å². The molecule has 0 amide bonds. The van der Waals surface area contributed by atoms with Gasteiger partial charge in [0.2, 0.25) is 10.0 Å². The Morgan fingerprint density at radius 1 is 1.29 bits per heavy atom. The van der Waals surface area contributed by atoms with Crippen LogP contribution in [0.15, 0.2) is 46.9 Å². The summed E-state index contributed by atoms with van der Waals surface area (Å²) in [7, 11) is -3.38. The number of thiophene rings is 1. The maximum atomic E-state index is 12.0. The van der Waals surface area contributed by atoms with Crippen LogP contribution in [0.25, 0.3) is 0 Å². The Kier molecular flexibility index (Phi) is 3.59. The lowest BCUT2D eigenvalue weighted by atomic mass is 10.0. The van der Waals surface area contributed by atoms with Crippen molar-refractivity contribution in [2.45, 2.75) is 19.4 Å². The van der Waals surface area contributed by atoms with E-state index in [9.17, 15) is 8.42 Å². The summed E-state index contributed by atoms with van der Waals surface area (Å²) in [6, 6.07) is 11.7. The molecule has 1 atom stereocenters. The second-order valence-electron chi connectivity index (χ2n) is 5.19. The van der Waals surface area contributed by atoms with Gasteiger partial charge in [-0.25, -0.2) is 8.42 Å². The van der Waals surface area contributed by atoms with E-state index >= 15 is 0 Å². The maximum Gasteiger partial charge on any atom is 0.247 e. The third kappa shape index (κ3) is 2.87. The highest BCUT2D eigenvalue weighted by atomic mass is 32.2. The average Bonchev–Trinajstić information content (AvgIpc) is 3.07. The quantitative estimate of drug-likeness (QED) is 0.872. The van der Waals surface area contributed by atoms with Crippen LogP contribution in [0, 0.1) is 6.92 Å². The Morgan fingerprint density at radius 2 is 2.10 bits per heavy atom. The molecule has 1 aliphatic heterocycles. The molecule has 21 heavy (non-hydrogen) atoms. The fourth-order valence-electron chi connectivity index (χ4n) is 2.49. The summed E-state index contributed by atoms with van der Waals surface area (Å²) in [4.78, 5) is 1.02. The summed E-state index contributed by atoms with van der Waals surface area (Å²) in [5, 5.41) is 6.34. The summed E-state index contributed by atoms with van der Waals surface area (Å²) in [5.41, 5.74) is 2.95.